The number of benzene rings is 1. The number of pyridine rings is 2. The van der Waals surface area contributed by atoms with E-state index in [2.05, 4.69) is 4.98 Å². The zero-order valence-electron chi connectivity index (χ0n) is 14.8. The Balaban J connectivity index is 2.43. The summed E-state index contributed by atoms with van der Waals surface area (Å²) in [6.07, 6.45) is 1.76. The van der Waals surface area contributed by atoms with Gasteiger partial charge in [-0.3, -0.25) is 9.78 Å². The minimum atomic E-state index is -0.140. The highest BCUT2D eigenvalue weighted by atomic mass is 35.5. The summed E-state index contributed by atoms with van der Waals surface area (Å²) >= 11 is 6.53. The van der Waals surface area contributed by atoms with E-state index >= 15 is 0 Å². The molecule has 0 radical (unpaired) electrons. The predicted molar refractivity (Wildman–Crippen MR) is 100 cm³/mol. The van der Waals surface area contributed by atoms with Gasteiger partial charge in [-0.15, -0.1) is 0 Å². The Bertz CT molecular complexity index is 1010. The predicted octanol–water partition coefficient (Wildman–Crippen LogP) is 3.89. The molecule has 0 spiro atoms. The van der Waals surface area contributed by atoms with Crippen LogP contribution in [-0.2, 0) is 7.05 Å². The highest BCUT2D eigenvalue weighted by Crippen LogP contribution is 2.42. The van der Waals surface area contributed by atoms with Crippen molar-refractivity contribution in [2.75, 3.05) is 14.2 Å². The fourth-order valence-corrected chi connectivity index (χ4v) is 3.40. The largest absolute Gasteiger partial charge is 0.496 e. The van der Waals surface area contributed by atoms with Gasteiger partial charge in [0.15, 0.2) is 0 Å². The van der Waals surface area contributed by atoms with Gasteiger partial charge in [-0.2, -0.15) is 0 Å². The van der Waals surface area contributed by atoms with Gasteiger partial charge in [0.25, 0.3) is 5.56 Å². The molecule has 0 atom stereocenters. The third-order valence-electron chi connectivity index (χ3n) is 4.40. The number of hydrogen-bond donors (Lipinski definition) is 0. The quantitative estimate of drug-likeness (QED) is 0.712. The average molecular weight is 359 g/mol. The highest BCUT2D eigenvalue weighted by molar-refractivity contribution is 6.35. The van der Waals surface area contributed by atoms with Crippen LogP contribution < -0.4 is 15.0 Å². The first-order valence-electron chi connectivity index (χ1n) is 7.76. The van der Waals surface area contributed by atoms with Crippen molar-refractivity contribution in [3.63, 3.8) is 0 Å². The van der Waals surface area contributed by atoms with Crippen LogP contribution in [0.3, 0.4) is 0 Å². The zero-order valence-corrected chi connectivity index (χ0v) is 15.6. The van der Waals surface area contributed by atoms with E-state index in [0.717, 1.165) is 22.2 Å². The highest BCUT2D eigenvalue weighted by Gasteiger charge is 2.20. The van der Waals surface area contributed by atoms with Crippen molar-refractivity contribution >= 4 is 22.5 Å². The normalized spacial score (nSPS) is 11.0. The smallest absolute Gasteiger partial charge is 0.258 e. The molecule has 0 saturated carbocycles. The van der Waals surface area contributed by atoms with Crippen LogP contribution in [0, 0.1) is 13.8 Å². The Morgan fingerprint density at radius 1 is 1.08 bits per heavy atom. The van der Waals surface area contributed by atoms with Gasteiger partial charge in [-0.05, 0) is 26.0 Å². The van der Waals surface area contributed by atoms with Crippen LogP contribution in [0.25, 0.3) is 22.0 Å². The summed E-state index contributed by atoms with van der Waals surface area (Å²) in [5.74, 6) is 1.07. The van der Waals surface area contributed by atoms with Crippen molar-refractivity contribution in [2.24, 2.45) is 7.05 Å². The molecular weight excluding hydrogens is 340 g/mol. The molecule has 0 saturated heterocycles. The van der Waals surface area contributed by atoms with Gasteiger partial charge in [0.1, 0.15) is 11.5 Å². The van der Waals surface area contributed by atoms with E-state index in [-0.39, 0.29) is 5.56 Å². The lowest BCUT2D eigenvalue weighted by atomic mass is 9.99. The molecule has 25 heavy (non-hydrogen) atoms. The molecule has 0 unspecified atom stereocenters. The van der Waals surface area contributed by atoms with Crippen molar-refractivity contribution in [2.45, 2.75) is 13.8 Å². The number of aromatic nitrogens is 2. The van der Waals surface area contributed by atoms with Crippen molar-refractivity contribution in [3.05, 3.63) is 51.0 Å². The summed E-state index contributed by atoms with van der Waals surface area (Å²) in [7, 11) is 4.85. The van der Waals surface area contributed by atoms with Crippen LogP contribution in [-0.4, -0.2) is 23.8 Å². The van der Waals surface area contributed by atoms with Gasteiger partial charge < -0.3 is 14.0 Å². The second-order valence-electron chi connectivity index (χ2n) is 5.90. The van der Waals surface area contributed by atoms with E-state index in [1.165, 1.54) is 7.11 Å². The second-order valence-corrected chi connectivity index (χ2v) is 6.28. The van der Waals surface area contributed by atoms with E-state index in [1.807, 2.05) is 26.0 Å². The standard InChI is InChI=1S/C19H19ClN2O3/c1-10-6-14-12(9-21-10)7-13(19(23)22(14)3)17-11(2)15(24-4)8-16(25-5)18(17)20/h6-9H,1-5H3. The molecular formula is C19H19ClN2O3. The van der Waals surface area contributed by atoms with Crippen LogP contribution in [0.2, 0.25) is 5.02 Å². The van der Waals surface area contributed by atoms with Crippen molar-refractivity contribution < 1.29 is 9.47 Å². The second kappa shape index (κ2) is 6.41. The maximum atomic E-state index is 13.0. The number of fused-ring (bicyclic) bond motifs is 1. The monoisotopic (exact) mass is 358 g/mol. The van der Waals surface area contributed by atoms with E-state index in [0.29, 0.717) is 27.6 Å². The lowest BCUT2D eigenvalue weighted by Gasteiger charge is -2.17. The lowest BCUT2D eigenvalue weighted by Crippen LogP contribution is -2.19. The summed E-state index contributed by atoms with van der Waals surface area (Å²) in [6, 6.07) is 5.43. The van der Waals surface area contributed by atoms with Crippen LogP contribution in [0.5, 0.6) is 11.5 Å². The molecule has 0 aliphatic heterocycles. The average Bonchev–Trinajstić information content (AvgIpc) is 2.60. The number of halogens is 1. The van der Waals surface area contributed by atoms with E-state index < -0.39 is 0 Å². The molecule has 1 aromatic carbocycles. The Hall–Kier alpha value is -2.53. The van der Waals surface area contributed by atoms with Crippen molar-refractivity contribution in [1.82, 2.24) is 9.55 Å². The van der Waals surface area contributed by atoms with Crippen LogP contribution >= 0.6 is 11.6 Å². The summed E-state index contributed by atoms with van der Waals surface area (Å²) < 4.78 is 12.4. The first-order valence-corrected chi connectivity index (χ1v) is 8.14. The number of aryl methyl sites for hydroxylation is 2. The molecule has 6 heteroatoms. The molecule has 0 fully saturated rings. The van der Waals surface area contributed by atoms with E-state index in [9.17, 15) is 4.79 Å². The van der Waals surface area contributed by atoms with Crippen LogP contribution in [0.1, 0.15) is 11.3 Å². The molecule has 0 aliphatic rings. The molecule has 0 N–H and O–H groups in total. The first kappa shape index (κ1) is 17.3. The summed E-state index contributed by atoms with van der Waals surface area (Å²) in [5, 5.41) is 1.25. The van der Waals surface area contributed by atoms with Crippen molar-refractivity contribution in [3.8, 4) is 22.6 Å². The minimum Gasteiger partial charge on any atom is -0.496 e. The summed E-state index contributed by atoms with van der Waals surface area (Å²) in [6.45, 7) is 3.77. The summed E-state index contributed by atoms with van der Waals surface area (Å²) in [4.78, 5) is 17.3. The molecule has 2 aromatic heterocycles. The maximum absolute atomic E-state index is 13.0. The number of methoxy groups -OCH3 is 2. The number of hydrogen-bond acceptors (Lipinski definition) is 4. The van der Waals surface area contributed by atoms with E-state index in [1.54, 1.807) is 31.0 Å². The topological polar surface area (TPSA) is 53.4 Å². The first-order chi connectivity index (χ1) is 11.9. The fraction of sp³-hybridized carbons (Fsp3) is 0.263. The van der Waals surface area contributed by atoms with Gasteiger partial charge in [0.2, 0.25) is 0 Å². The fourth-order valence-electron chi connectivity index (χ4n) is 3.03. The van der Waals surface area contributed by atoms with Gasteiger partial charge in [0, 0.05) is 47.1 Å². The zero-order chi connectivity index (χ0) is 18.3. The molecule has 2 heterocycles. The SMILES string of the molecule is COc1cc(OC)c(Cl)c(-c2cc3cnc(C)cc3n(C)c2=O)c1C. The number of rotatable bonds is 3. The molecule has 0 amide bonds. The third kappa shape index (κ3) is 2.74. The van der Waals surface area contributed by atoms with Gasteiger partial charge >= 0.3 is 0 Å². The lowest BCUT2D eigenvalue weighted by molar-refractivity contribution is 0.393. The van der Waals surface area contributed by atoms with Gasteiger partial charge in [0.05, 0.1) is 24.8 Å². The third-order valence-corrected chi connectivity index (χ3v) is 4.77. The summed E-state index contributed by atoms with van der Waals surface area (Å²) in [5.41, 5.74) is 3.42. The van der Waals surface area contributed by atoms with Crippen LogP contribution in [0.4, 0.5) is 0 Å². The number of nitrogens with zero attached hydrogens (tertiary/aromatic N) is 2. The number of ether oxygens (including phenoxy) is 2. The van der Waals surface area contributed by atoms with Crippen molar-refractivity contribution in [1.29, 1.82) is 0 Å². The Morgan fingerprint density at radius 2 is 1.76 bits per heavy atom. The maximum Gasteiger partial charge on any atom is 0.258 e. The molecule has 130 valence electrons. The Kier molecular flexibility index (Phi) is 4.43. The molecule has 0 aliphatic carbocycles. The molecule has 3 rings (SSSR count). The van der Waals surface area contributed by atoms with Gasteiger partial charge in [-0.1, -0.05) is 11.6 Å². The Morgan fingerprint density at radius 3 is 2.40 bits per heavy atom. The Labute approximate surface area is 150 Å². The van der Waals surface area contributed by atoms with Gasteiger partial charge in [-0.25, -0.2) is 0 Å². The van der Waals surface area contributed by atoms with Crippen LogP contribution in [0.15, 0.2) is 29.2 Å². The molecule has 5 nitrogen and oxygen atoms in total. The molecule has 0 bridgehead atoms. The molecule has 3 aromatic rings. The minimum absolute atomic E-state index is 0.140. The van der Waals surface area contributed by atoms with E-state index in [4.69, 9.17) is 21.1 Å².